The number of likely N-dealkylation sites (tertiary alicyclic amines) is 1. The van der Waals surface area contributed by atoms with Crippen molar-refractivity contribution in [1.29, 1.82) is 0 Å². The molecule has 1 fully saturated rings. The Bertz CT molecular complexity index is 623. The molecular weight excluding hydrogens is 333 g/mol. The molecule has 0 aromatic heterocycles. The van der Waals surface area contributed by atoms with Crippen LogP contribution >= 0.6 is 22.3 Å². The van der Waals surface area contributed by atoms with Crippen molar-refractivity contribution in [3.8, 4) is 0 Å². The maximum Gasteiger partial charge on any atom is 0.262 e. The standard InChI is InChI=1S/C14H17Cl2NO3S/c15-11-7-6-8-12(21(16,19)20)13(11)14(18)17-9-4-2-1-3-5-10-17/h6-8H,1-5,9-10H2. The number of carbonyl (C=O) groups excluding carboxylic acids is 1. The van der Waals surface area contributed by atoms with Crippen LogP contribution in [-0.4, -0.2) is 32.3 Å². The van der Waals surface area contributed by atoms with E-state index in [1.807, 2.05) is 0 Å². The zero-order chi connectivity index (χ0) is 15.5. The second-order valence-electron chi connectivity index (χ2n) is 5.11. The zero-order valence-electron chi connectivity index (χ0n) is 11.5. The monoisotopic (exact) mass is 349 g/mol. The summed E-state index contributed by atoms with van der Waals surface area (Å²) in [4.78, 5) is 14.1. The van der Waals surface area contributed by atoms with Gasteiger partial charge in [-0.2, -0.15) is 0 Å². The average molecular weight is 350 g/mol. The lowest BCUT2D eigenvalue weighted by atomic mass is 10.1. The lowest BCUT2D eigenvalue weighted by Gasteiger charge is -2.25. The summed E-state index contributed by atoms with van der Waals surface area (Å²) in [6.45, 7) is 1.23. The van der Waals surface area contributed by atoms with Crippen molar-refractivity contribution in [2.24, 2.45) is 0 Å². The largest absolute Gasteiger partial charge is 0.339 e. The van der Waals surface area contributed by atoms with Crippen LogP contribution in [0.2, 0.25) is 5.02 Å². The number of rotatable bonds is 2. The predicted octanol–water partition coefficient (Wildman–Crippen LogP) is 3.67. The first-order valence-electron chi connectivity index (χ1n) is 6.93. The molecule has 0 saturated carbocycles. The van der Waals surface area contributed by atoms with E-state index in [-0.39, 0.29) is 21.4 Å². The van der Waals surface area contributed by atoms with Gasteiger partial charge in [-0.15, -0.1) is 0 Å². The van der Waals surface area contributed by atoms with Crippen LogP contribution in [0.25, 0.3) is 0 Å². The number of amides is 1. The third kappa shape index (κ3) is 4.11. The molecule has 1 aromatic carbocycles. The third-order valence-corrected chi connectivity index (χ3v) is 5.27. The number of hydrogen-bond donors (Lipinski definition) is 0. The topological polar surface area (TPSA) is 54.5 Å². The van der Waals surface area contributed by atoms with Gasteiger partial charge in [0.2, 0.25) is 0 Å². The molecule has 1 amide bonds. The average Bonchev–Trinajstić information content (AvgIpc) is 2.36. The molecule has 1 aromatic rings. The summed E-state index contributed by atoms with van der Waals surface area (Å²) in [5.41, 5.74) is -0.0188. The van der Waals surface area contributed by atoms with Crippen LogP contribution in [0.5, 0.6) is 0 Å². The highest BCUT2D eigenvalue weighted by Gasteiger charge is 2.27. The molecule has 4 nitrogen and oxygen atoms in total. The zero-order valence-corrected chi connectivity index (χ0v) is 13.8. The number of benzene rings is 1. The van der Waals surface area contributed by atoms with E-state index < -0.39 is 9.05 Å². The van der Waals surface area contributed by atoms with Crippen LogP contribution in [0.1, 0.15) is 42.5 Å². The highest BCUT2D eigenvalue weighted by atomic mass is 35.7. The molecule has 0 radical (unpaired) electrons. The first kappa shape index (κ1) is 16.6. The molecule has 0 spiro atoms. The smallest absolute Gasteiger partial charge is 0.262 e. The van der Waals surface area contributed by atoms with Gasteiger partial charge < -0.3 is 4.90 Å². The first-order valence-corrected chi connectivity index (χ1v) is 9.62. The van der Waals surface area contributed by atoms with E-state index in [0.29, 0.717) is 13.1 Å². The number of hydrogen-bond acceptors (Lipinski definition) is 3. The van der Waals surface area contributed by atoms with Gasteiger partial charge in [0.05, 0.1) is 15.5 Å². The van der Waals surface area contributed by atoms with Crippen molar-refractivity contribution < 1.29 is 13.2 Å². The van der Waals surface area contributed by atoms with Crippen molar-refractivity contribution in [2.75, 3.05) is 13.1 Å². The van der Waals surface area contributed by atoms with Gasteiger partial charge >= 0.3 is 0 Å². The number of carbonyl (C=O) groups is 1. The molecule has 0 bridgehead atoms. The Morgan fingerprint density at radius 3 is 2.19 bits per heavy atom. The van der Waals surface area contributed by atoms with E-state index in [4.69, 9.17) is 22.3 Å². The molecule has 0 N–H and O–H groups in total. The Kier molecular flexibility index (Phi) is 5.52. The molecule has 1 aliphatic heterocycles. The summed E-state index contributed by atoms with van der Waals surface area (Å²) in [5.74, 6) is -0.360. The summed E-state index contributed by atoms with van der Waals surface area (Å²) < 4.78 is 23.3. The van der Waals surface area contributed by atoms with Crippen molar-refractivity contribution >= 4 is 37.2 Å². The number of nitrogens with zero attached hydrogens (tertiary/aromatic N) is 1. The van der Waals surface area contributed by atoms with Crippen LogP contribution in [0.15, 0.2) is 23.1 Å². The molecule has 1 saturated heterocycles. The van der Waals surface area contributed by atoms with Crippen LogP contribution < -0.4 is 0 Å². The predicted molar refractivity (Wildman–Crippen MR) is 83.5 cm³/mol. The Labute approximate surface area is 134 Å². The summed E-state index contributed by atoms with van der Waals surface area (Å²) in [7, 11) is 1.40. The molecule has 0 unspecified atom stereocenters. The maximum absolute atomic E-state index is 12.7. The fourth-order valence-electron chi connectivity index (χ4n) is 2.52. The van der Waals surface area contributed by atoms with Crippen LogP contribution in [0.4, 0.5) is 0 Å². The lowest BCUT2D eigenvalue weighted by Crippen LogP contribution is -2.34. The molecule has 2 rings (SSSR count). The van der Waals surface area contributed by atoms with Crippen molar-refractivity contribution in [2.45, 2.75) is 37.0 Å². The molecular formula is C14H17Cl2NO3S. The minimum absolute atomic E-state index is 0.0188. The van der Waals surface area contributed by atoms with Gasteiger partial charge in [-0.05, 0) is 25.0 Å². The quantitative estimate of drug-likeness (QED) is 0.765. The van der Waals surface area contributed by atoms with Gasteiger partial charge in [-0.25, -0.2) is 8.42 Å². The highest BCUT2D eigenvalue weighted by Crippen LogP contribution is 2.28. The van der Waals surface area contributed by atoms with Crippen LogP contribution in [0.3, 0.4) is 0 Å². The van der Waals surface area contributed by atoms with E-state index in [2.05, 4.69) is 0 Å². The van der Waals surface area contributed by atoms with E-state index in [1.54, 1.807) is 4.90 Å². The third-order valence-electron chi connectivity index (χ3n) is 3.60. The summed E-state index contributed by atoms with van der Waals surface area (Å²) in [6, 6.07) is 4.29. The normalized spacial score (nSPS) is 17.1. The summed E-state index contributed by atoms with van der Waals surface area (Å²) in [5, 5.41) is 0.115. The molecule has 21 heavy (non-hydrogen) atoms. The van der Waals surface area contributed by atoms with Gasteiger partial charge in [0.25, 0.3) is 15.0 Å². The molecule has 116 valence electrons. The SMILES string of the molecule is O=C(c1c(Cl)cccc1S(=O)(=O)Cl)N1CCCCCCC1. The second kappa shape index (κ2) is 6.99. The van der Waals surface area contributed by atoms with Gasteiger partial charge in [0.1, 0.15) is 0 Å². The molecule has 1 aliphatic rings. The van der Waals surface area contributed by atoms with Crippen LogP contribution in [-0.2, 0) is 9.05 Å². The van der Waals surface area contributed by atoms with Gasteiger partial charge in [0.15, 0.2) is 0 Å². The van der Waals surface area contributed by atoms with Crippen molar-refractivity contribution in [3.63, 3.8) is 0 Å². The Hall–Kier alpha value is -0.780. The first-order chi connectivity index (χ1) is 9.91. The van der Waals surface area contributed by atoms with Crippen molar-refractivity contribution in [3.05, 3.63) is 28.8 Å². The fourth-order valence-corrected chi connectivity index (χ4v) is 3.90. The lowest BCUT2D eigenvalue weighted by molar-refractivity contribution is 0.0739. The van der Waals surface area contributed by atoms with Crippen molar-refractivity contribution in [1.82, 2.24) is 4.90 Å². The minimum Gasteiger partial charge on any atom is -0.339 e. The number of halogens is 2. The highest BCUT2D eigenvalue weighted by molar-refractivity contribution is 8.13. The van der Waals surface area contributed by atoms with Gasteiger partial charge in [-0.1, -0.05) is 36.9 Å². The summed E-state index contributed by atoms with van der Waals surface area (Å²) in [6.07, 6.45) is 5.16. The van der Waals surface area contributed by atoms with Gasteiger partial charge in [-0.3, -0.25) is 4.79 Å². The van der Waals surface area contributed by atoms with E-state index >= 15 is 0 Å². The molecule has 7 heteroatoms. The molecule has 1 heterocycles. The molecule has 0 aliphatic carbocycles. The summed E-state index contributed by atoms with van der Waals surface area (Å²) >= 11 is 6.05. The Balaban J connectivity index is 2.38. The second-order valence-corrected chi connectivity index (χ2v) is 8.05. The van der Waals surface area contributed by atoms with E-state index in [1.165, 1.54) is 24.6 Å². The van der Waals surface area contributed by atoms with Crippen LogP contribution in [0, 0.1) is 0 Å². The van der Waals surface area contributed by atoms with E-state index in [0.717, 1.165) is 25.7 Å². The maximum atomic E-state index is 12.7. The fraction of sp³-hybridized carbons (Fsp3) is 0.500. The van der Waals surface area contributed by atoms with Gasteiger partial charge in [0, 0.05) is 23.8 Å². The molecule has 0 atom stereocenters. The Morgan fingerprint density at radius 2 is 1.62 bits per heavy atom. The van der Waals surface area contributed by atoms with E-state index in [9.17, 15) is 13.2 Å². The Morgan fingerprint density at radius 1 is 1.05 bits per heavy atom. The minimum atomic E-state index is -4.02.